The highest BCUT2D eigenvalue weighted by Crippen LogP contribution is 1.84. The van der Waals surface area contributed by atoms with Gasteiger partial charge in [0.25, 0.3) is 5.91 Å². The molecule has 0 heterocycles. The molecule has 0 rings (SSSR count). The van der Waals surface area contributed by atoms with Crippen molar-refractivity contribution in [1.29, 1.82) is 0 Å². The summed E-state index contributed by atoms with van der Waals surface area (Å²) >= 11 is 0. The van der Waals surface area contributed by atoms with Crippen molar-refractivity contribution in [1.82, 2.24) is 5.32 Å². The molecule has 52 valence electrons. The molecule has 3 N–H and O–H groups in total. The van der Waals surface area contributed by atoms with E-state index in [9.17, 15) is 4.79 Å². The Kier molecular flexibility index (Phi) is 2.78. The first-order valence-electron chi connectivity index (χ1n) is 2.79. The van der Waals surface area contributed by atoms with E-state index in [-0.39, 0.29) is 11.7 Å². The molecule has 0 atom stereocenters. The van der Waals surface area contributed by atoms with Gasteiger partial charge in [0, 0.05) is 6.04 Å². The third kappa shape index (κ3) is 3.58. The first-order chi connectivity index (χ1) is 4.04. The quantitative estimate of drug-likeness (QED) is 0.525. The van der Waals surface area contributed by atoms with Crippen LogP contribution in [0.15, 0.2) is 12.3 Å². The van der Waals surface area contributed by atoms with Crippen molar-refractivity contribution in [3.8, 4) is 0 Å². The van der Waals surface area contributed by atoms with Gasteiger partial charge in [-0.3, -0.25) is 4.79 Å². The summed E-state index contributed by atoms with van der Waals surface area (Å²) in [6.07, 6.45) is 0. The molecule has 1 amide bonds. The van der Waals surface area contributed by atoms with Gasteiger partial charge in [-0.15, -0.1) is 0 Å². The van der Waals surface area contributed by atoms with Gasteiger partial charge in [0.15, 0.2) is 0 Å². The molecule has 0 aromatic rings. The van der Waals surface area contributed by atoms with E-state index in [1.54, 1.807) is 0 Å². The molecule has 0 unspecified atom stereocenters. The number of nitrogens with one attached hydrogen (secondary N) is 1. The molecule has 0 radical (unpaired) electrons. The lowest BCUT2D eigenvalue weighted by molar-refractivity contribution is -0.114. The molecule has 0 bridgehead atoms. The molecule has 0 saturated heterocycles. The topological polar surface area (TPSA) is 55.1 Å². The largest absolute Gasteiger partial charge is 0.379 e. The van der Waals surface area contributed by atoms with Crippen molar-refractivity contribution in [2.45, 2.75) is 19.9 Å². The van der Waals surface area contributed by atoms with Crippen LogP contribution in [0.4, 0.5) is 0 Å². The first kappa shape index (κ1) is 8.01. The van der Waals surface area contributed by atoms with Crippen LogP contribution in [0.3, 0.4) is 0 Å². The Balaban J connectivity index is 3.65. The lowest BCUT2D eigenvalue weighted by Gasteiger charge is -2.08. The third-order valence-electron chi connectivity index (χ3n) is 0.760. The fourth-order valence-electron chi connectivity index (χ4n) is 0.420. The summed E-state index contributed by atoms with van der Waals surface area (Å²) in [4.78, 5) is 10.3. The molecule has 3 heteroatoms. The van der Waals surface area contributed by atoms with E-state index in [4.69, 9.17) is 5.73 Å². The lowest BCUT2D eigenvalue weighted by atomic mass is 10.3. The molecule has 0 fully saturated rings. The molecule has 0 saturated carbocycles. The Bertz CT molecular complexity index is 129. The number of hydrogen-bond acceptors (Lipinski definition) is 2. The predicted octanol–water partition coefficient (Wildman–Crippen LogP) is -0.0166. The highest BCUT2D eigenvalue weighted by Gasteiger charge is 2.00. The van der Waals surface area contributed by atoms with Gasteiger partial charge in [-0.25, -0.2) is 0 Å². The Morgan fingerprint density at radius 1 is 1.67 bits per heavy atom. The second kappa shape index (κ2) is 3.12. The van der Waals surface area contributed by atoms with E-state index in [0.717, 1.165) is 0 Å². The monoisotopic (exact) mass is 128 g/mol. The van der Waals surface area contributed by atoms with Gasteiger partial charge in [-0.2, -0.15) is 0 Å². The van der Waals surface area contributed by atoms with Crippen LogP contribution < -0.4 is 11.1 Å². The predicted molar refractivity (Wildman–Crippen MR) is 36.6 cm³/mol. The lowest BCUT2D eigenvalue weighted by Crippen LogP contribution is -2.30. The number of nitrogens with two attached hydrogens (primary N) is 1. The summed E-state index contributed by atoms with van der Waals surface area (Å²) in [5.74, 6) is -0.497. The Labute approximate surface area is 54.9 Å². The smallest absolute Gasteiger partial charge is 0.264 e. The molecule has 0 aromatic heterocycles. The van der Waals surface area contributed by atoms with Crippen molar-refractivity contribution < 1.29 is 4.79 Å². The van der Waals surface area contributed by atoms with E-state index in [1.165, 1.54) is 0 Å². The molecule has 0 aliphatic rings. The molecule has 0 aliphatic heterocycles. The highest BCUT2D eigenvalue weighted by atomic mass is 16.1. The van der Waals surface area contributed by atoms with Crippen LogP contribution in [0.5, 0.6) is 0 Å². The standard InChI is InChI=1S/C6H12N2O/c1-4(2)8-5(3)6(7)9/h4,8H,3H2,1-2H3,(H2,7,9). The van der Waals surface area contributed by atoms with Gasteiger partial charge in [0.1, 0.15) is 0 Å². The normalized spacial score (nSPS) is 9.22. The van der Waals surface area contributed by atoms with E-state index < -0.39 is 5.91 Å². The summed E-state index contributed by atoms with van der Waals surface area (Å²) in [5.41, 5.74) is 5.15. The Morgan fingerprint density at radius 3 is 2.22 bits per heavy atom. The van der Waals surface area contributed by atoms with Crippen LogP contribution in [-0.2, 0) is 4.79 Å². The maximum atomic E-state index is 10.3. The number of primary amides is 1. The maximum absolute atomic E-state index is 10.3. The summed E-state index contributed by atoms with van der Waals surface area (Å²) in [7, 11) is 0. The average molecular weight is 128 g/mol. The number of amides is 1. The maximum Gasteiger partial charge on any atom is 0.264 e. The average Bonchev–Trinajstić information content (AvgIpc) is 1.63. The zero-order chi connectivity index (χ0) is 7.44. The minimum absolute atomic E-state index is 0.213. The zero-order valence-electron chi connectivity index (χ0n) is 5.77. The minimum atomic E-state index is -0.497. The van der Waals surface area contributed by atoms with Crippen LogP contribution in [0.1, 0.15) is 13.8 Å². The van der Waals surface area contributed by atoms with Gasteiger partial charge >= 0.3 is 0 Å². The van der Waals surface area contributed by atoms with Crippen molar-refractivity contribution in [2.75, 3.05) is 0 Å². The van der Waals surface area contributed by atoms with Crippen molar-refractivity contribution in [2.24, 2.45) is 5.73 Å². The molecular formula is C6H12N2O. The molecule has 9 heavy (non-hydrogen) atoms. The summed E-state index contributed by atoms with van der Waals surface area (Å²) < 4.78 is 0. The van der Waals surface area contributed by atoms with E-state index in [1.807, 2.05) is 13.8 Å². The molecule has 0 aromatic carbocycles. The van der Waals surface area contributed by atoms with Crippen LogP contribution in [0.2, 0.25) is 0 Å². The van der Waals surface area contributed by atoms with Gasteiger partial charge in [-0.1, -0.05) is 6.58 Å². The Morgan fingerprint density at radius 2 is 2.11 bits per heavy atom. The van der Waals surface area contributed by atoms with Crippen molar-refractivity contribution in [3.05, 3.63) is 12.3 Å². The SMILES string of the molecule is C=C(NC(C)C)C(N)=O. The molecule has 3 nitrogen and oxygen atoms in total. The second-order valence-corrected chi connectivity index (χ2v) is 2.14. The number of hydrogen-bond donors (Lipinski definition) is 2. The van der Waals surface area contributed by atoms with Crippen LogP contribution in [0, 0.1) is 0 Å². The summed E-state index contributed by atoms with van der Waals surface area (Å²) in [6.45, 7) is 7.23. The number of carbonyl (C=O) groups is 1. The second-order valence-electron chi connectivity index (χ2n) is 2.14. The van der Waals surface area contributed by atoms with Crippen LogP contribution in [-0.4, -0.2) is 11.9 Å². The minimum Gasteiger partial charge on any atom is -0.379 e. The van der Waals surface area contributed by atoms with E-state index >= 15 is 0 Å². The summed E-state index contributed by atoms with van der Waals surface area (Å²) in [5, 5.41) is 2.77. The van der Waals surface area contributed by atoms with Gasteiger partial charge in [0.05, 0.1) is 5.70 Å². The van der Waals surface area contributed by atoms with Crippen molar-refractivity contribution in [3.63, 3.8) is 0 Å². The highest BCUT2D eigenvalue weighted by molar-refractivity contribution is 5.90. The summed E-state index contributed by atoms with van der Waals surface area (Å²) in [6, 6.07) is 0.213. The fraction of sp³-hybridized carbons (Fsp3) is 0.500. The van der Waals surface area contributed by atoms with E-state index in [2.05, 4.69) is 11.9 Å². The number of rotatable bonds is 3. The fourth-order valence-corrected chi connectivity index (χ4v) is 0.420. The van der Waals surface area contributed by atoms with Crippen molar-refractivity contribution >= 4 is 5.91 Å². The Hall–Kier alpha value is -0.990. The number of carbonyl (C=O) groups excluding carboxylic acids is 1. The molecular weight excluding hydrogens is 116 g/mol. The molecule has 0 aliphatic carbocycles. The third-order valence-corrected chi connectivity index (χ3v) is 0.760. The first-order valence-corrected chi connectivity index (χ1v) is 2.79. The van der Waals surface area contributed by atoms with Crippen LogP contribution >= 0.6 is 0 Å². The van der Waals surface area contributed by atoms with Gasteiger partial charge in [-0.05, 0) is 13.8 Å². The van der Waals surface area contributed by atoms with Crippen LogP contribution in [0.25, 0.3) is 0 Å². The molecule has 0 spiro atoms. The van der Waals surface area contributed by atoms with Gasteiger partial charge in [0.2, 0.25) is 0 Å². The van der Waals surface area contributed by atoms with Gasteiger partial charge < -0.3 is 11.1 Å². The van der Waals surface area contributed by atoms with E-state index in [0.29, 0.717) is 0 Å². The zero-order valence-corrected chi connectivity index (χ0v) is 5.77.